The van der Waals surface area contributed by atoms with Crippen LogP contribution in [0.1, 0.15) is 25.3 Å². The van der Waals surface area contributed by atoms with Gasteiger partial charge in [-0.3, -0.25) is 9.35 Å². The Kier molecular flexibility index (Phi) is 8.86. The van der Waals surface area contributed by atoms with E-state index in [2.05, 4.69) is 147 Å². The fourth-order valence-corrected chi connectivity index (χ4v) is 6.59. The summed E-state index contributed by atoms with van der Waals surface area (Å²) in [6.45, 7) is 16.2. The Hall–Kier alpha value is -2.97. The molecule has 6 heteroatoms. The zero-order valence-corrected chi connectivity index (χ0v) is 24.4. The Morgan fingerprint density at radius 2 is 0.971 bits per heavy atom. The number of hydrogen-bond acceptors (Lipinski definition) is 4. The smallest absolute Gasteiger partial charge is 0.176 e. The summed E-state index contributed by atoms with van der Waals surface area (Å²) in [5, 5.41) is 10.4. The lowest BCUT2D eigenvalue weighted by molar-refractivity contribution is 1.03. The van der Waals surface area contributed by atoms with E-state index in [1.54, 1.807) is 0 Å². The molecular weight excluding hydrogens is 461 g/mol. The Bertz CT molecular complexity index is 1120. The molecule has 0 aromatic heterocycles. The predicted octanol–water partition coefficient (Wildman–Crippen LogP) is 8.23. The second kappa shape index (κ2) is 11.6. The fourth-order valence-electron chi connectivity index (χ4n) is 3.85. The van der Waals surface area contributed by atoms with Crippen molar-refractivity contribution < 1.29 is 0 Å². The van der Waals surface area contributed by atoms with Gasteiger partial charge < -0.3 is 0 Å². The Labute approximate surface area is 214 Å². The van der Waals surface area contributed by atoms with Crippen LogP contribution >= 0.6 is 0 Å². The van der Waals surface area contributed by atoms with E-state index in [4.69, 9.17) is 10.2 Å². The van der Waals surface area contributed by atoms with E-state index in [0.29, 0.717) is 0 Å². The van der Waals surface area contributed by atoms with Crippen molar-refractivity contribution in [2.45, 2.75) is 59.0 Å². The molecule has 0 aliphatic carbocycles. The number of hydrogen-bond donors (Lipinski definition) is 0. The topological polar surface area (TPSA) is 31.2 Å². The van der Waals surface area contributed by atoms with E-state index >= 15 is 0 Å². The van der Waals surface area contributed by atoms with E-state index in [1.807, 2.05) is 0 Å². The number of anilines is 2. The van der Waals surface area contributed by atoms with E-state index in [1.165, 1.54) is 5.56 Å². The lowest BCUT2D eigenvalue weighted by Crippen LogP contribution is -2.43. The minimum Gasteiger partial charge on any atom is -0.295 e. The van der Waals surface area contributed by atoms with Crippen LogP contribution in [0.4, 0.5) is 11.4 Å². The summed E-state index contributed by atoms with van der Waals surface area (Å²) >= 11 is 0. The van der Waals surface area contributed by atoms with E-state index < -0.39 is 16.5 Å². The maximum Gasteiger partial charge on any atom is 0.176 e. The predicted molar refractivity (Wildman–Crippen MR) is 160 cm³/mol. The van der Waals surface area contributed by atoms with Crippen LogP contribution in [0, 0.1) is 0 Å². The van der Waals surface area contributed by atoms with Crippen molar-refractivity contribution in [3.05, 3.63) is 96.6 Å². The average Bonchev–Trinajstić information content (AvgIpc) is 2.83. The maximum atomic E-state index is 5.30. The van der Waals surface area contributed by atoms with Crippen LogP contribution in [0.15, 0.2) is 101 Å². The molecule has 0 N–H and O–H groups in total. The SMILES string of the molecule is C/C(CC/C(=N/N(c1ccccc1)[Si](C)(C)C)c1ccccc1)=N\N(c1ccccc1)[Si](C)(C)C. The molecule has 35 heavy (non-hydrogen) atoms. The normalized spacial score (nSPS) is 13.0. The first kappa shape index (κ1) is 26.6. The van der Waals surface area contributed by atoms with Crippen molar-refractivity contribution >= 4 is 39.3 Å². The van der Waals surface area contributed by atoms with Gasteiger partial charge in [0.1, 0.15) is 0 Å². The molecule has 3 aromatic rings. The van der Waals surface area contributed by atoms with Gasteiger partial charge in [0.2, 0.25) is 0 Å². The molecule has 0 amide bonds. The van der Waals surface area contributed by atoms with Crippen molar-refractivity contribution in [1.82, 2.24) is 0 Å². The molecule has 3 rings (SSSR count). The molecule has 0 bridgehead atoms. The van der Waals surface area contributed by atoms with Crippen LogP contribution in [0.25, 0.3) is 0 Å². The largest absolute Gasteiger partial charge is 0.295 e. The third kappa shape index (κ3) is 7.77. The third-order valence-corrected chi connectivity index (χ3v) is 8.85. The number of benzene rings is 3. The number of hydrazone groups is 2. The van der Waals surface area contributed by atoms with Gasteiger partial charge in [-0.1, -0.05) is 66.7 Å². The lowest BCUT2D eigenvalue weighted by atomic mass is 10.0. The Morgan fingerprint density at radius 1 is 0.571 bits per heavy atom. The Balaban J connectivity index is 1.93. The summed E-state index contributed by atoms with van der Waals surface area (Å²) < 4.78 is 4.54. The standard InChI is InChI=1S/C29H40N4Si2/c1-25(30-32(34(2,3)4)27-19-13-9-14-20-27)23-24-29(26-17-11-8-12-18-26)31-33(35(5,6)7)28-21-15-10-16-22-28/h8-22H,23-24H2,1-7H3/b30-25+,31-29-. The van der Waals surface area contributed by atoms with E-state index in [9.17, 15) is 0 Å². The molecule has 0 aliphatic rings. The second-order valence-corrected chi connectivity index (χ2v) is 20.4. The monoisotopic (exact) mass is 500 g/mol. The van der Waals surface area contributed by atoms with Gasteiger partial charge in [0.05, 0.1) is 5.71 Å². The van der Waals surface area contributed by atoms with Crippen LogP contribution in [-0.4, -0.2) is 27.9 Å². The summed E-state index contributed by atoms with van der Waals surface area (Å²) in [7, 11) is -3.45. The van der Waals surface area contributed by atoms with Gasteiger partial charge >= 0.3 is 0 Å². The minimum atomic E-state index is -1.76. The molecule has 0 atom stereocenters. The first-order valence-corrected chi connectivity index (χ1v) is 19.3. The van der Waals surface area contributed by atoms with Crippen LogP contribution in [0.5, 0.6) is 0 Å². The highest BCUT2D eigenvalue weighted by Crippen LogP contribution is 2.24. The van der Waals surface area contributed by atoms with Crippen LogP contribution in [-0.2, 0) is 0 Å². The van der Waals surface area contributed by atoms with E-state index in [0.717, 1.165) is 35.6 Å². The van der Waals surface area contributed by atoms with Gasteiger partial charge in [0.15, 0.2) is 16.5 Å². The van der Waals surface area contributed by atoms with Crippen LogP contribution < -0.4 is 9.35 Å². The van der Waals surface area contributed by atoms with Crippen molar-refractivity contribution in [2.75, 3.05) is 9.35 Å². The average molecular weight is 501 g/mol. The zero-order valence-electron chi connectivity index (χ0n) is 22.4. The van der Waals surface area contributed by atoms with Gasteiger partial charge in [-0.2, -0.15) is 10.2 Å². The molecule has 184 valence electrons. The van der Waals surface area contributed by atoms with Gasteiger partial charge in [0, 0.05) is 17.1 Å². The van der Waals surface area contributed by atoms with Crippen LogP contribution in [0.2, 0.25) is 39.3 Å². The van der Waals surface area contributed by atoms with Crippen molar-refractivity contribution in [2.24, 2.45) is 10.2 Å². The van der Waals surface area contributed by atoms with Crippen molar-refractivity contribution in [1.29, 1.82) is 0 Å². The maximum absolute atomic E-state index is 5.30. The first-order valence-electron chi connectivity index (χ1n) is 12.4. The van der Waals surface area contributed by atoms with Gasteiger partial charge in [-0.25, -0.2) is 0 Å². The van der Waals surface area contributed by atoms with Crippen LogP contribution in [0.3, 0.4) is 0 Å². The molecule has 0 fully saturated rings. The third-order valence-electron chi connectivity index (χ3n) is 5.59. The molecule has 0 saturated heterocycles. The summed E-state index contributed by atoms with van der Waals surface area (Å²) in [6, 6.07) is 31.7. The molecule has 0 unspecified atom stereocenters. The van der Waals surface area contributed by atoms with Gasteiger partial charge in [0.25, 0.3) is 0 Å². The molecule has 0 aliphatic heterocycles. The minimum absolute atomic E-state index is 0.835. The zero-order chi connectivity index (χ0) is 25.5. The summed E-state index contributed by atoms with van der Waals surface area (Å²) in [4.78, 5) is 0. The molecular formula is C29H40N4Si2. The molecule has 0 spiro atoms. The molecule has 0 heterocycles. The Morgan fingerprint density at radius 3 is 1.40 bits per heavy atom. The summed E-state index contributed by atoms with van der Waals surface area (Å²) in [5.41, 5.74) is 5.71. The highest BCUT2D eigenvalue weighted by Gasteiger charge is 2.26. The van der Waals surface area contributed by atoms with Gasteiger partial charge in [-0.15, -0.1) is 0 Å². The molecule has 0 saturated carbocycles. The molecule has 0 radical (unpaired) electrons. The number of nitrogens with zero attached hydrogens (tertiary/aromatic N) is 4. The van der Waals surface area contributed by atoms with Crippen molar-refractivity contribution in [3.63, 3.8) is 0 Å². The fraction of sp³-hybridized carbons (Fsp3) is 0.310. The summed E-state index contributed by atoms with van der Waals surface area (Å²) in [5.74, 6) is 0. The highest BCUT2D eigenvalue weighted by molar-refractivity contribution is 6.80. The quantitative estimate of drug-likeness (QED) is 0.159. The molecule has 4 nitrogen and oxygen atoms in total. The second-order valence-electron chi connectivity index (χ2n) is 10.9. The van der Waals surface area contributed by atoms with E-state index in [-0.39, 0.29) is 0 Å². The molecule has 3 aromatic carbocycles. The summed E-state index contributed by atoms with van der Waals surface area (Å²) in [6.07, 6.45) is 1.69. The highest BCUT2D eigenvalue weighted by atomic mass is 28.3. The number of rotatable bonds is 10. The first-order chi connectivity index (χ1) is 16.6. The lowest BCUT2D eigenvalue weighted by Gasteiger charge is -2.33. The number of para-hydroxylation sites is 2. The van der Waals surface area contributed by atoms with Gasteiger partial charge in [-0.05, 0) is 88.9 Å². The van der Waals surface area contributed by atoms with Crippen molar-refractivity contribution in [3.8, 4) is 0 Å².